The summed E-state index contributed by atoms with van der Waals surface area (Å²) in [5, 5.41) is 11.1. The largest absolute Gasteiger partial charge is 0.481 e. The van der Waals surface area contributed by atoms with E-state index in [0.717, 1.165) is 4.47 Å². The number of carbonyl (C=O) groups excluding carboxylic acids is 1. The Labute approximate surface area is 121 Å². The van der Waals surface area contributed by atoms with E-state index >= 15 is 0 Å². The second-order valence-electron chi connectivity index (χ2n) is 3.59. The summed E-state index contributed by atoms with van der Waals surface area (Å²) in [6, 6.07) is 1.74. The number of rotatable bonds is 6. The molecule has 0 fully saturated rings. The van der Waals surface area contributed by atoms with E-state index in [1.807, 2.05) is 0 Å². The Balaban J connectivity index is 2.39. The predicted octanol–water partition coefficient (Wildman–Crippen LogP) is 2.59. The van der Waals surface area contributed by atoms with Crippen molar-refractivity contribution in [3.05, 3.63) is 26.9 Å². The highest BCUT2D eigenvalue weighted by Gasteiger charge is 2.11. The molecule has 1 rings (SSSR count). The molecule has 7 heteroatoms. The summed E-state index contributed by atoms with van der Waals surface area (Å²) < 4.78 is 1.40. The summed E-state index contributed by atoms with van der Waals surface area (Å²) >= 11 is 6.51. The fraction of sp³-hybridized carbons (Fsp3) is 0.364. The van der Waals surface area contributed by atoms with E-state index in [0.29, 0.717) is 29.6 Å². The van der Waals surface area contributed by atoms with Crippen LogP contribution in [0.5, 0.6) is 0 Å². The molecule has 2 N–H and O–H groups in total. The first-order valence-corrected chi connectivity index (χ1v) is 6.90. The second-order valence-corrected chi connectivity index (χ2v) is 5.36. The van der Waals surface area contributed by atoms with Crippen molar-refractivity contribution in [3.63, 3.8) is 0 Å². The van der Waals surface area contributed by atoms with Gasteiger partial charge in [0, 0.05) is 23.6 Å². The Bertz CT molecular complexity index is 452. The van der Waals surface area contributed by atoms with Crippen LogP contribution in [0.2, 0.25) is 0 Å². The molecule has 0 aromatic carbocycles. The lowest BCUT2D eigenvalue weighted by atomic mass is 10.2. The first kappa shape index (κ1) is 15.1. The number of pyridine rings is 1. The van der Waals surface area contributed by atoms with Gasteiger partial charge in [0.1, 0.15) is 5.69 Å². The third-order valence-corrected chi connectivity index (χ3v) is 3.16. The van der Waals surface area contributed by atoms with Crippen LogP contribution < -0.4 is 5.32 Å². The number of aliphatic carboxylic acids is 1. The number of amides is 1. The standard InChI is InChI=1S/C11H12Br2N2O3/c12-7-5-8(13)10(15-6-7)11(18)14-4-2-1-3-9(16)17/h5-6H,1-4H2,(H,14,18)(H,16,17). The van der Waals surface area contributed by atoms with Crippen LogP contribution in [0.3, 0.4) is 0 Å². The van der Waals surface area contributed by atoms with Gasteiger partial charge >= 0.3 is 5.97 Å². The summed E-state index contributed by atoms with van der Waals surface area (Å²) in [5.74, 6) is -1.09. The quantitative estimate of drug-likeness (QED) is 0.744. The molecule has 5 nitrogen and oxygen atoms in total. The van der Waals surface area contributed by atoms with Crippen LogP contribution in [-0.4, -0.2) is 28.5 Å². The number of unbranched alkanes of at least 4 members (excludes halogenated alkanes) is 1. The molecule has 1 aromatic rings. The molecule has 0 saturated carbocycles. The highest BCUT2D eigenvalue weighted by molar-refractivity contribution is 9.11. The number of carboxylic acid groups (broad SMARTS) is 1. The minimum atomic E-state index is -0.821. The third kappa shape index (κ3) is 5.14. The number of nitrogens with one attached hydrogen (secondary N) is 1. The van der Waals surface area contributed by atoms with Crippen LogP contribution in [0.1, 0.15) is 29.8 Å². The van der Waals surface area contributed by atoms with Crippen molar-refractivity contribution in [2.45, 2.75) is 19.3 Å². The maximum Gasteiger partial charge on any atom is 0.303 e. The summed E-state index contributed by atoms with van der Waals surface area (Å²) in [4.78, 5) is 26.0. The van der Waals surface area contributed by atoms with Crippen molar-refractivity contribution in [1.29, 1.82) is 0 Å². The number of carbonyl (C=O) groups is 2. The lowest BCUT2D eigenvalue weighted by Gasteiger charge is -2.05. The number of hydrogen-bond acceptors (Lipinski definition) is 3. The Morgan fingerprint density at radius 3 is 2.67 bits per heavy atom. The number of hydrogen-bond donors (Lipinski definition) is 2. The molecule has 0 aliphatic heterocycles. The summed E-state index contributed by atoms with van der Waals surface area (Å²) in [6.45, 7) is 0.441. The van der Waals surface area contributed by atoms with E-state index in [1.54, 1.807) is 12.3 Å². The van der Waals surface area contributed by atoms with Gasteiger partial charge in [-0.15, -0.1) is 0 Å². The van der Waals surface area contributed by atoms with Gasteiger partial charge in [0.15, 0.2) is 0 Å². The molecule has 0 bridgehead atoms. The minimum Gasteiger partial charge on any atom is -0.481 e. The van der Waals surface area contributed by atoms with Gasteiger partial charge in [0.05, 0.1) is 4.47 Å². The number of carboxylic acids is 1. The molecule has 1 amide bonds. The smallest absolute Gasteiger partial charge is 0.303 e. The fourth-order valence-corrected chi connectivity index (χ4v) is 2.44. The van der Waals surface area contributed by atoms with Gasteiger partial charge in [-0.05, 0) is 50.8 Å². The number of halogens is 2. The van der Waals surface area contributed by atoms with Crippen LogP contribution in [0.4, 0.5) is 0 Å². The first-order valence-electron chi connectivity index (χ1n) is 5.31. The maximum absolute atomic E-state index is 11.7. The Morgan fingerprint density at radius 2 is 2.06 bits per heavy atom. The van der Waals surface area contributed by atoms with Gasteiger partial charge in [-0.3, -0.25) is 9.59 Å². The predicted molar refractivity (Wildman–Crippen MR) is 73.5 cm³/mol. The van der Waals surface area contributed by atoms with Crippen LogP contribution >= 0.6 is 31.9 Å². The normalized spacial score (nSPS) is 10.1. The van der Waals surface area contributed by atoms with Gasteiger partial charge in [0.25, 0.3) is 5.91 Å². The average Bonchev–Trinajstić information content (AvgIpc) is 2.27. The van der Waals surface area contributed by atoms with Crippen molar-refractivity contribution in [3.8, 4) is 0 Å². The van der Waals surface area contributed by atoms with Crippen molar-refractivity contribution in [2.75, 3.05) is 6.54 Å². The molecule has 0 unspecified atom stereocenters. The monoisotopic (exact) mass is 378 g/mol. The van der Waals surface area contributed by atoms with E-state index in [9.17, 15) is 9.59 Å². The molecule has 0 spiro atoms. The molecule has 0 atom stereocenters. The SMILES string of the molecule is O=C(O)CCCCNC(=O)c1ncc(Br)cc1Br. The van der Waals surface area contributed by atoms with Gasteiger partial charge in [-0.1, -0.05) is 0 Å². The van der Waals surface area contributed by atoms with Crippen LogP contribution in [-0.2, 0) is 4.79 Å². The van der Waals surface area contributed by atoms with Gasteiger partial charge in [-0.25, -0.2) is 4.98 Å². The van der Waals surface area contributed by atoms with Crippen molar-refractivity contribution < 1.29 is 14.7 Å². The van der Waals surface area contributed by atoms with Crippen molar-refractivity contribution in [1.82, 2.24) is 10.3 Å². The number of nitrogens with zero attached hydrogens (tertiary/aromatic N) is 1. The summed E-state index contributed by atoms with van der Waals surface area (Å²) in [6.07, 6.45) is 2.84. The van der Waals surface area contributed by atoms with E-state index < -0.39 is 5.97 Å². The second kappa shape index (κ2) is 7.48. The van der Waals surface area contributed by atoms with Crippen LogP contribution in [0.15, 0.2) is 21.2 Å². The average molecular weight is 380 g/mol. The first-order chi connectivity index (χ1) is 8.50. The summed E-state index contributed by atoms with van der Waals surface area (Å²) in [5.41, 5.74) is 0.316. The minimum absolute atomic E-state index is 0.121. The Kier molecular flexibility index (Phi) is 6.28. The lowest BCUT2D eigenvalue weighted by Crippen LogP contribution is -2.25. The zero-order valence-corrected chi connectivity index (χ0v) is 12.6. The van der Waals surface area contributed by atoms with E-state index in [2.05, 4.69) is 42.2 Å². The highest BCUT2D eigenvalue weighted by atomic mass is 79.9. The lowest BCUT2D eigenvalue weighted by molar-refractivity contribution is -0.137. The highest BCUT2D eigenvalue weighted by Crippen LogP contribution is 2.19. The fourth-order valence-electron chi connectivity index (χ4n) is 1.27. The Hall–Kier alpha value is -0.950. The Morgan fingerprint density at radius 1 is 1.33 bits per heavy atom. The molecule has 18 heavy (non-hydrogen) atoms. The van der Waals surface area contributed by atoms with E-state index in [4.69, 9.17) is 5.11 Å². The molecule has 98 valence electrons. The topological polar surface area (TPSA) is 79.3 Å². The number of aromatic nitrogens is 1. The molecular formula is C11H12Br2N2O3. The molecule has 0 aliphatic rings. The molecule has 0 aliphatic carbocycles. The van der Waals surface area contributed by atoms with E-state index in [1.165, 1.54) is 0 Å². The van der Waals surface area contributed by atoms with Crippen LogP contribution in [0.25, 0.3) is 0 Å². The van der Waals surface area contributed by atoms with Gasteiger partial charge in [0.2, 0.25) is 0 Å². The maximum atomic E-state index is 11.7. The van der Waals surface area contributed by atoms with Gasteiger partial charge in [-0.2, -0.15) is 0 Å². The van der Waals surface area contributed by atoms with Crippen molar-refractivity contribution in [2.24, 2.45) is 0 Å². The van der Waals surface area contributed by atoms with E-state index in [-0.39, 0.29) is 12.3 Å². The third-order valence-electron chi connectivity index (χ3n) is 2.13. The molecule has 0 radical (unpaired) electrons. The molecule has 1 heterocycles. The molecule has 0 saturated heterocycles. The summed E-state index contributed by atoms with van der Waals surface area (Å²) in [7, 11) is 0. The zero-order chi connectivity index (χ0) is 13.5. The van der Waals surface area contributed by atoms with Crippen LogP contribution in [0, 0.1) is 0 Å². The van der Waals surface area contributed by atoms with Crippen molar-refractivity contribution >= 4 is 43.7 Å². The molecular weight excluding hydrogens is 368 g/mol. The zero-order valence-electron chi connectivity index (χ0n) is 9.45. The molecule has 1 aromatic heterocycles. The van der Waals surface area contributed by atoms with Gasteiger partial charge < -0.3 is 10.4 Å².